The van der Waals surface area contributed by atoms with E-state index in [1.165, 1.54) is 6.07 Å². The van der Waals surface area contributed by atoms with Crippen LogP contribution < -0.4 is 10.9 Å². The van der Waals surface area contributed by atoms with Crippen LogP contribution in [-0.4, -0.2) is 22.5 Å². The van der Waals surface area contributed by atoms with E-state index in [0.717, 1.165) is 5.52 Å². The minimum Gasteiger partial charge on any atom is -0.353 e. The van der Waals surface area contributed by atoms with Crippen molar-refractivity contribution >= 4 is 53.7 Å². The molecule has 0 aliphatic heterocycles. The van der Waals surface area contributed by atoms with Crippen molar-refractivity contribution in [2.24, 2.45) is 7.05 Å². The molecule has 0 fully saturated rings. The highest BCUT2D eigenvalue weighted by Crippen LogP contribution is 2.26. The Bertz CT molecular complexity index is 1780. The van der Waals surface area contributed by atoms with Crippen LogP contribution in [0.2, 0.25) is 0 Å². The van der Waals surface area contributed by atoms with Crippen molar-refractivity contribution in [2.45, 2.75) is 11.8 Å². The van der Waals surface area contributed by atoms with Crippen LogP contribution in [0, 0.1) is 6.92 Å². The number of para-hydroxylation sites is 1. The summed E-state index contributed by atoms with van der Waals surface area (Å²) in [6.07, 6.45) is 0. The molecule has 0 amide bonds. The zero-order valence-electron chi connectivity index (χ0n) is 16.1. The lowest BCUT2D eigenvalue weighted by atomic mass is 10.0. The first-order valence-electron chi connectivity index (χ1n) is 9.16. The van der Waals surface area contributed by atoms with E-state index in [9.17, 15) is 22.6 Å². The third kappa shape index (κ3) is 2.51. The van der Waals surface area contributed by atoms with Gasteiger partial charge < -0.3 is 9.55 Å². The smallest absolute Gasteiger partial charge is 0.296 e. The molecule has 0 saturated heterocycles. The summed E-state index contributed by atoms with van der Waals surface area (Å²) in [5.41, 5.74) is 1.64. The van der Waals surface area contributed by atoms with Crippen molar-refractivity contribution < 1.29 is 13.0 Å². The molecule has 0 radical (unpaired) electrons. The molecule has 8 heteroatoms. The molecule has 0 aliphatic carbocycles. The van der Waals surface area contributed by atoms with Crippen LogP contribution >= 0.6 is 0 Å². The average Bonchev–Trinajstić information content (AvgIpc) is 2.71. The average molecular weight is 420 g/mol. The second-order valence-corrected chi connectivity index (χ2v) is 8.82. The van der Waals surface area contributed by atoms with Gasteiger partial charge in [0.1, 0.15) is 4.90 Å². The number of hydrogen-bond acceptors (Lipinski definition) is 4. The molecule has 0 bridgehead atoms. The van der Waals surface area contributed by atoms with Gasteiger partial charge in [0.25, 0.3) is 10.1 Å². The summed E-state index contributed by atoms with van der Waals surface area (Å²) in [5.74, 6) is 0. The highest BCUT2D eigenvalue weighted by molar-refractivity contribution is 7.86. The molecule has 0 unspecified atom stereocenters. The number of aromatic amines is 1. The van der Waals surface area contributed by atoms with Crippen molar-refractivity contribution in [3.63, 3.8) is 0 Å². The van der Waals surface area contributed by atoms with Crippen LogP contribution in [0.15, 0.2) is 63.0 Å². The van der Waals surface area contributed by atoms with Crippen molar-refractivity contribution in [2.75, 3.05) is 0 Å². The Balaban J connectivity index is 2.06. The number of aryl methyl sites for hydroxylation is 2. The van der Waals surface area contributed by atoms with Crippen LogP contribution in [0.25, 0.3) is 43.6 Å². The number of fused-ring (bicyclic) bond motifs is 4. The minimum absolute atomic E-state index is 0.0116. The fraction of sp³-hybridized carbons (Fsp3) is 0.0909. The molecule has 150 valence electrons. The Morgan fingerprint density at radius 2 is 1.57 bits per heavy atom. The third-order valence-corrected chi connectivity index (χ3v) is 6.40. The van der Waals surface area contributed by atoms with E-state index in [4.69, 9.17) is 0 Å². The molecule has 30 heavy (non-hydrogen) atoms. The maximum atomic E-state index is 13.2. The number of nitrogens with zero attached hydrogens (tertiary/aromatic N) is 1. The second-order valence-electron chi connectivity index (χ2n) is 7.44. The van der Waals surface area contributed by atoms with Crippen molar-refractivity contribution in [3.05, 3.63) is 74.5 Å². The van der Waals surface area contributed by atoms with Gasteiger partial charge in [-0.15, -0.1) is 0 Å². The molecule has 0 atom stereocenters. The Kier molecular flexibility index (Phi) is 3.71. The Hall–Kier alpha value is -3.49. The van der Waals surface area contributed by atoms with E-state index >= 15 is 0 Å². The van der Waals surface area contributed by atoms with Crippen LogP contribution in [0.4, 0.5) is 0 Å². The normalized spacial score (nSPS) is 12.4. The standard InChI is InChI=1S/C22H16N2O5S/c1-11-7-15-20(19(8-11)30(27,28)29)23-16-9-14-18(10-13(16)22(15)26)24(2)17-6-4-3-5-12(17)21(14)25/h3-10H,1-2H3,(H,23,26)(H,27,28,29). The van der Waals surface area contributed by atoms with Gasteiger partial charge in [0.2, 0.25) is 0 Å². The molecule has 7 nitrogen and oxygen atoms in total. The monoisotopic (exact) mass is 420 g/mol. The van der Waals surface area contributed by atoms with Gasteiger partial charge in [-0.25, -0.2) is 0 Å². The lowest BCUT2D eigenvalue weighted by Crippen LogP contribution is -2.12. The number of aromatic nitrogens is 2. The SMILES string of the molecule is Cc1cc(S(=O)(=O)O)c2[nH]c3cc4c(=O)c5ccccc5n(C)c4cc3c(=O)c2c1. The van der Waals surface area contributed by atoms with Crippen LogP contribution in [0.3, 0.4) is 0 Å². The quantitative estimate of drug-likeness (QED) is 0.320. The molecule has 2 heterocycles. The second kappa shape index (κ2) is 6.01. The van der Waals surface area contributed by atoms with Crippen LogP contribution in [-0.2, 0) is 17.2 Å². The fourth-order valence-corrected chi connectivity index (χ4v) is 4.87. The molecule has 2 N–H and O–H groups in total. The maximum Gasteiger partial charge on any atom is 0.296 e. The summed E-state index contributed by atoms with van der Waals surface area (Å²) < 4.78 is 35.3. The summed E-state index contributed by atoms with van der Waals surface area (Å²) >= 11 is 0. The third-order valence-electron chi connectivity index (χ3n) is 5.53. The molecular weight excluding hydrogens is 404 g/mol. The number of rotatable bonds is 1. The predicted molar refractivity (Wildman–Crippen MR) is 117 cm³/mol. The van der Waals surface area contributed by atoms with Gasteiger partial charge in [-0.05, 0) is 48.9 Å². The molecule has 5 aromatic rings. The van der Waals surface area contributed by atoms with Crippen LogP contribution in [0.5, 0.6) is 0 Å². The molecule has 0 aliphatic rings. The van der Waals surface area contributed by atoms with E-state index < -0.39 is 10.1 Å². The zero-order valence-corrected chi connectivity index (χ0v) is 16.9. The first kappa shape index (κ1) is 18.5. The number of H-pyrrole nitrogens is 1. The number of pyridine rings is 2. The fourth-order valence-electron chi connectivity index (χ4n) is 4.12. The van der Waals surface area contributed by atoms with E-state index in [2.05, 4.69) is 4.98 Å². The Morgan fingerprint density at radius 3 is 2.30 bits per heavy atom. The van der Waals surface area contributed by atoms with Gasteiger partial charge in [0.05, 0.1) is 22.1 Å². The summed E-state index contributed by atoms with van der Waals surface area (Å²) in [5, 5.41) is 1.43. The summed E-state index contributed by atoms with van der Waals surface area (Å²) in [6, 6.07) is 13.3. The first-order valence-corrected chi connectivity index (χ1v) is 10.6. The molecule has 0 saturated carbocycles. The largest absolute Gasteiger partial charge is 0.353 e. The van der Waals surface area contributed by atoms with E-state index in [1.54, 1.807) is 37.3 Å². The van der Waals surface area contributed by atoms with Crippen LogP contribution in [0.1, 0.15) is 5.56 Å². The van der Waals surface area contributed by atoms with E-state index in [0.29, 0.717) is 32.8 Å². The highest BCUT2D eigenvalue weighted by Gasteiger charge is 2.19. The Labute approximate surface area is 169 Å². The van der Waals surface area contributed by atoms with Crippen molar-refractivity contribution in [1.29, 1.82) is 0 Å². The highest BCUT2D eigenvalue weighted by atomic mass is 32.2. The van der Waals surface area contributed by atoms with Crippen molar-refractivity contribution in [1.82, 2.24) is 9.55 Å². The van der Waals surface area contributed by atoms with E-state index in [-0.39, 0.29) is 26.7 Å². The van der Waals surface area contributed by atoms with Gasteiger partial charge in [-0.2, -0.15) is 8.42 Å². The number of nitrogens with one attached hydrogen (secondary N) is 1. The lowest BCUT2D eigenvalue weighted by Gasteiger charge is -2.12. The molecule has 2 aromatic heterocycles. The van der Waals surface area contributed by atoms with Gasteiger partial charge in [-0.1, -0.05) is 12.1 Å². The van der Waals surface area contributed by atoms with Crippen molar-refractivity contribution in [3.8, 4) is 0 Å². The Morgan fingerprint density at radius 1 is 0.867 bits per heavy atom. The number of benzene rings is 3. The lowest BCUT2D eigenvalue weighted by molar-refractivity contribution is 0.484. The topological polar surface area (TPSA) is 109 Å². The minimum atomic E-state index is -4.56. The maximum absolute atomic E-state index is 13.2. The first-order chi connectivity index (χ1) is 14.2. The van der Waals surface area contributed by atoms with E-state index in [1.807, 2.05) is 23.7 Å². The molecular formula is C22H16N2O5S. The summed E-state index contributed by atoms with van der Waals surface area (Å²) in [4.78, 5) is 28.9. The number of hydrogen-bond donors (Lipinski definition) is 2. The predicted octanol–water partition coefficient (Wildman–Crippen LogP) is 3.24. The summed E-state index contributed by atoms with van der Waals surface area (Å²) in [6.45, 7) is 1.65. The molecule has 0 spiro atoms. The van der Waals surface area contributed by atoms with Gasteiger partial charge >= 0.3 is 0 Å². The van der Waals surface area contributed by atoms with Gasteiger partial charge in [0, 0.05) is 28.6 Å². The van der Waals surface area contributed by atoms with Gasteiger partial charge in [0.15, 0.2) is 10.9 Å². The zero-order chi connectivity index (χ0) is 21.4. The molecule has 5 rings (SSSR count). The van der Waals surface area contributed by atoms with Gasteiger partial charge in [-0.3, -0.25) is 14.1 Å². The summed E-state index contributed by atoms with van der Waals surface area (Å²) in [7, 11) is -2.73. The molecule has 3 aromatic carbocycles.